The van der Waals surface area contributed by atoms with Gasteiger partial charge in [0.25, 0.3) is 0 Å². The third-order valence-electron chi connectivity index (χ3n) is 4.52. The van der Waals surface area contributed by atoms with E-state index in [4.69, 9.17) is 0 Å². The van der Waals surface area contributed by atoms with Crippen molar-refractivity contribution in [2.45, 2.75) is 45.3 Å². The van der Waals surface area contributed by atoms with Crippen LogP contribution in [0.5, 0.6) is 0 Å². The second kappa shape index (κ2) is 13.1. The lowest BCUT2D eigenvalue weighted by molar-refractivity contribution is -0.173. The largest absolute Gasteiger partial charge is 0.411 e. The Hall–Kier alpha value is -1.23. The Bertz CT molecular complexity index is 622. The van der Waals surface area contributed by atoms with E-state index in [2.05, 4.69) is 56.5 Å². The van der Waals surface area contributed by atoms with Gasteiger partial charge in [0, 0.05) is 38.5 Å². The molecule has 1 fully saturated rings. The average molecular weight is 528 g/mol. The molecule has 1 atom stereocenters. The fourth-order valence-electron chi connectivity index (χ4n) is 3.12. The molecule has 29 heavy (non-hydrogen) atoms. The number of rotatable bonds is 9. The Balaban J connectivity index is 0.00000420. The van der Waals surface area contributed by atoms with E-state index in [1.54, 1.807) is 0 Å². The van der Waals surface area contributed by atoms with E-state index < -0.39 is 12.8 Å². The van der Waals surface area contributed by atoms with E-state index in [1.165, 1.54) is 24.1 Å². The molecular weight excluding hydrogens is 496 g/mol. The predicted octanol–water partition coefficient (Wildman–Crippen LogP) is 4.49. The van der Waals surface area contributed by atoms with Gasteiger partial charge in [-0.1, -0.05) is 12.1 Å². The van der Waals surface area contributed by atoms with Crippen LogP contribution in [0, 0.1) is 0 Å². The fourth-order valence-corrected chi connectivity index (χ4v) is 3.12. The molecule has 1 saturated heterocycles. The van der Waals surface area contributed by atoms with Crippen LogP contribution in [-0.4, -0.2) is 51.5 Å². The van der Waals surface area contributed by atoms with Gasteiger partial charge in [-0.3, -0.25) is 4.99 Å². The van der Waals surface area contributed by atoms with Crippen LogP contribution in [0.3, 0.4) is 0 Å². The van der Waals surface area contributed by atoms with Crippen LogP contribution in [0.25, 0.3) is 0 Å². The summed E-state index contributed by atoms with van der Waals surface area (Å²) in [5, 5.41) is 6.54. The number of alkyl halides is 3. The van der Waals surface area contributed by atoms with Gasteiger partial charge in [-0.2, -0.15) is 13.2 Å². The minimum absolute atomic E-state index is 0. The molecule has 0 aliphatic carbocycles. The number of ether oxygens (including phenoxy) is 1. The third-order valence-corrected chi connectivity index (χ3v) is 4.52. The van der Waals surface area contributed by atoms with Gasteiger partial charge in [0.15, 0.2) is 5.96 Å². The minimum atomic E-state index is -4.28. The second-order valence-electron chi connectivity index (χ2n) is 6.94. The Morgan fingerprint density at radius 3 is 2.66 bits per heavy atom. The summed E-state index contributed by atoms with van der Waals surface area (Å²) in [7, 11) is 0. The highest BCUT2D eigenvalue weighted by atomic mass is 127. The lowest BCUT2D eigenvalue weighted by Crippen LogP contribution is -2.38. The summed E-state index contributed by atoms with van der Waals surface area (Å²) in [4.78, 5) is 6.83. The van der Waals surface area contributed by atoms with E-state index in [-0.39, 0.29) is 36.6 Å². The van der Waals surface area contributed by atoms with Crippen molar-refractivity contribution in [2.24, 2.45) is 4.99 Å². The zero-order valence-corrected chi connectivity index (χ0v) is 19.4. The first-order chi connectivity index (χ1) is 13.4. The van der Waals surface area contributed by atoms with E-state index in [9.17, 15) is 13.2 Å². The summed E-state index contributed by atoms with van der Waals surface area (Å²) in [5.41, 5.74) is 2.41. The Morgan fingerprint density at radius 2 is 2.00 bits per heavy atom. The van der Waals surface area contributed by atoms with Crippen molar-refractivity contribution < 1.29 is 17.9 Å². The van der Waals surface area contributed by atoms with Gasteiger partial charge >= 0.3 is 6.18 Å². The standard InChI is InChI=1S/C20H31F3N4O.HI/c1-3-24-19(25-10-7-13-28-15-20(21,22)23)26-16(2)17-8-6-9-18(14-17)27-11-4-5-12-27;/h6,8-9,14,16H,3-5,7,10-13,15H2,1-2H3,(H2,24,25,26);1H. The highest BCUT2D eigenvalue weighted by molar-refractivity contribution is 14.0. The van der Waals surface area contributed by atoms with E-state index >= 15 is 0 Å². The minimum Gasteiger partial charge on any atom is -0.372 e. The van der Waals surface area contributed by atoms with E-state index in [0.717, 1.165) is 13.1 Å². The molecule has 0 spiro atoms. The van der Waals surface area contributed by atoms with Gasteiger partial charge < -0.3 is 20.3 Å². The lowest BCUT2D eigenvalue weighted by Gasteiger charge is -2.22. The molecule has 0 aromatic heterocycles. The molecule has 1 aromatic carbocycles. The maximum atomic E-state index is 12.0. The molecule has 0 radical (unpaired) electrons. The summed E-state index contributed by atoms with van der Waals surface area (Å²) in [6.45, 7) is 6.18. The SMILES string of the molecule is CCNC(=NCCCOCC(F)(F)F)NC(C)c1cccc(N2CCCC2)c1.I. The predicted molar refractivity (Wildman–Crippen MR) is 122 cm³/mol. The van der Waals surface area contributed by atoms with Crippen molar-refractivity contribution in [3.63, 3.8) is 0 Å². The van der Waals surface area contributed by atoms with Gasteiger partial charge in [-0.25, -0.2) is 0 Å². The number of aliphatic imine (C=N–C) groups is 1. The molecule has 5 nitrogen and oxygen atoms in total. The van der Waals surface area contributed by atoms with Crippen LogP contribution in [0.2, 0.25) is 0 Å². The van der Waals surface area contributed by atoms with Crippen LogP contribution in [-0.2, 0) is 4.74 Å². The zero-order valence-electron chi connectivity index (χ0n) is 17.1. The lowest BCUT2D eigenvalue weighted by atomic mass is 10.1. The molecule has 0 bridgehead atoms. The highest BCUT2D eigenvalue weighted by Crippen LogP contribution is 2.24. The first-order valence-corrected chi connectivity index (χ1v) is 9.93. The topological polar surface area (TPSA) is 48.9 Å². The van der Waals surface area contributed by atoms with Gasteiger partial charge in [-0.15, -0.1) is 24.0 Å². The van der Waals surface area contributed by atoms with Crippen molar-refractivity contribution in [3.05, 3.63) is 29.8 Å². The van der Waals surface area contributed by atoms with Gasteiger partial charge in [0.1, 0.15) is 6.61 Å². The molecule has 0 amide bonds. The monoisotopic (exact) mass is 528 g/mol. The van der Waals surface area contributed by atoms with Gasteiger partial charge in [-0.05, 0) is 50.8 Å². The number of hydrogen-bond acceptors (Lipinski definition) is 3. The van der Waals surface area contributed by atoms with E-state index in [1.807, 2.05) is 6.92 Å². The summed E-state index contributed by atoms with van der Waals surface area (Å²) in [6.07, 6.45) is -1.37. The Morgan fingerprint density at radius 1 is 1.28 bits per heavy atom. The molecule has 2 rings (SSSR count). The van der Waals surface area contributed by atoms with Gasteiger partial charge in [0.2, 0.25) is 0 Å². The summed E-state index contributed by atoms with van der Waals surface area (Å²) in [5.74, 6) is 0.650. The molecule has 1 aliphatic heterocycles. The molecule has 1 unspecified atom stereocenters. The number of nitrogens with one attached hydrogen (secondary N) is 2. The number of nitrogens with zero attached hydrogens (tertiary/aromatic N) is 2. The number of anilines is 1. The first-order valence-electron chi connectivity index (χ1n) is 9.93. The Kier molecular flexibility index (Phi) is 11.7. The summed E-state index contributed by atoms with van der Waals surface area (Å²) < 4.78 is 40.8. The van der Waals surface area contributed by atoms with Crippen LogP contribution < -0.4 is 15.5 Å². The van der Waals surface area contributed by atoms with Crippen LogP contribution in [0.15, 0.2) is 29.3 Å². The van der Waals surface area contributed by atoms with Crippen LogP contribution in [0.4, 0.5) is 18.9 Å². The van der Waals surface area contributed by atoms with Crippen molar-refractivity contribution in [1.82, 2.24) is 10.6 Å². The zero-order chi connectivity index (χ0) is 20.4. The molecule has 1 aliphatic rings. The number of hydrogen-bond donors (Lipinski definition) is 2. The molecular formula is C20H32F3IN4O. The van der Waals surface area contributed by atoms with E-state index in [0.29, 0.717) is 25.5 Å². The number of halogens is 4. The van der Waals surface area contributed by atoms with Gasteiger partial charge in [0.05, 0.1) is 6.04 Å². The first kappa shape index (κ1) is 25.8. The molecule has 9 heteroatoms. The van der Waals surface area contributed by atoms with Crippen LogP contribution in [0.1, 0.15) is 44.7 Å². The van der Waals surface area contributed by atoms with Crippen molar-refractivity contribution in [3.8, 4) is 0 Å². The number of benzene rings is 1. The maximum Gasteiger partial charge on any atom is 0.411 e. The Labute approximate surface area is 188 Å². The molecule has 1 heterocycles. The quantitative estimate of drug-likeness (QED) is 0.215. The highest BCUT2D eigenvalue weighted by Gasteiger charge is 2.27. The van der Waals surface area contributed by atoms with Crippen molar-refractivity contribution >= 4 is 35.6 Å². The summed E-state index contributed by atoms with van der Waals surface area (Å²) >= 11 is 0. The van der Waals surface area contributed by atoms with Crippen LogP contribution >= 0.6 is 24.0 Å². The fraction of sp³-hybridized carbons (Fsp3) is 0.650. The molecule has 166 valence electrons. The molecule has 1 aromatic rings. The number of guanidine groups is 1. The van der Waals surface area contributed by atoms with Crippen molar-refractivity contribution in [1.29, 1.82) is 0 Å². The molecule has 0 saturated carbocycles. The second-order valence-corrected chi connectivity index (χ2v) is 6.94. The summed E-state index contributed by atoms with van der Waals surface area (Å²) in [6, 6.07) is 8.57. The molecule has 2 N–H and O–H groups in total. The third kappa shape index (κ3) is 9.88. The normalized spacial score (nSPS) is 15.8. The maximum absolute atomic E-state index is 12.0. The smallest absolute Gasteiger partial charge is 0.372 e. The van der Waals surface area contributed by atoms with Crippen molar-refractivity contribution in [2.75, 3.05) is 44.3 Å². The average Bonchev–Trinajstić information content (AvgIpc) is 3.18.